The van der Waals surface area contributed by atoms with Gasteiger partial charge in [-0.1, -0.05) is 54.7 Å². The SMILES string of the molecule is CCC[C@@H](C(=O)NCCN1CCOCC1)n1c(Cc2ccccc2F)nc2cc(Cl)c(Cl)cc21. The van der Waals surface area contributed by atoms with Crippen LogP contribution in [0.2, 0.25) is 10.0 Å². The molecule has 0 spiro atoms. The second-order valence-electron chi connectivity index (χ2n) is 8.47. The van der Waals surface area contributed by atoms with Crippen LogP contribution >= 0.6 is 23.2 Å². The molecule has 1 atom stereocenters. The topological polar surface area (TPSA) is 59.4 Å². The highest BCUT2D eigenvalue weighted by Gasteiger charge is 2.26. The molecule has 0 bridgehead atoms. The van der Waals surface area contributed by atoms with Crippen molar-refractivity contribution in [2.45, 2.75) is 32.2 Å². The standard InChI is InChI=1S/C25H29Cl2FN4O2/c1-2-5-22(25(33)29-8-9-31-10-12-34-13-11-31)32-23-16-19(27)18(26)15-21(23)30-24(32)14-17-6-3-4-7-20(17)28/h3-4,6-7,15-16,22H,2,5,8-14H2,1H3,(H,29,33)/t22-/m0/s1. The zero-order valence-corrected chi connectivity index (χ0v) is 20.7. The van der Waals surface area contributed by atoms with E-state index < -0.39 is 6.04 Å². The predicted octanol–water partition coefficient (Wildman–Crippen LogP) is 4.86. The molecule has 0 unspecified atom stereocenters. The molecule has 0 radical (unpaired) electrons. The molecule has 1 amide bonds. The second kappa shape index (κ2) is 11.5. The van der Waals surface area contributed by atoms with E-state index >= 15 is 0 Å². The molecule has 6 nitrogen and oxygen atoms in total. The Balaban J connectivity index is 1.65. The summed E-state index contributed by atoms with van der Waals surface area (Å²) in [5.41, 5.74) is 1.85. The van der Waals surface area contributed by atoms with Crippen molar-refractivity contribution in [2.75, 3.05) is 39.4 Å². The maximum absolute atomic E-state index is 14.5. The lowest BCUT2D eigenvalue weighted by Crippen LogP contribution is -2.42. The minimum atomic E-state index is -0.501. The van der Waals surface area contributed by atoms with Crippen molar-refractivity contribution in [3.63, 3.8) is 0 Å². The number of hydrogen-bond donors (Lipinski definition) is 1. The monoisotopic (exact) mass is 506 g/mol. The van der Waals surface area contributed by atoms with Gasteiger partial charge in [0.05, 0.1) is 34.3 Å². The van der Waals surface area contributed by atoms with Crippen LogP contribution in [0.4, 0.5) is 4.39 Å². The first-order chi connectivity index (χ1) is 16.5. The highest BCUT2D eigenvalue weighted by atomic mass is 35.5. The quantitative estimate of drug-likeness (QED) is 0.450. The van der Waals surface area contributed by atoms with E-state index in [0.717, 1.165) is 39.3 Å². The van der Waals surface area contributed by atoms with Gasteiger partial charge in [0.2, 0.25) is 5.91 Å². The van der Waals surface area contributed by atoms with Crippen LogP contribution in [0.15, 0.2) is 36.4 Å². The Labute approximate surface area is 209 Å². The molecular formula is C25H29Cl2FN4O2. The van der Waals surface area contributed by atoms with Gasteiger partial charge in [0.1, 0.15) is 17.7 Å². The first kappa shape index (κ1) is 24.9. The number of ether oxygens (including phenoxy) is 1. The second-order valence-corrected chi connectivity index (χ2v) is 9.29. The van der Waals surface area contributed by atoms with Crippen LogP contribution in [-0.2, 0) is 16.0 Å². The molecule has 182 valence electrons. The van der Waals surface area contributed by atoms with E-state index in [0.29, 0.717) is 45.4 Å². The number of benzene rings is 2. The molecule has 2 aromatic carbocycles. The van der Waals surface area contributed by atoms with Gasteiger partial charge in [-0.2, -0.15) is 0 Å². The summed E-state index contributed by atoms with van der Waals surface area (Å²) in [5, 5.41) is 3.87. The van der Waals surface area contributed by atoms with Gasteiger partial charge in [-0.05, 0) is 30.2 Å². The summed E-state index contributed by atoms with van der Waals surface area (Å²) in [6.45, 7) is 6.52. The van der Waals surface area contributed by atoms with Crippen molar-refractivity contribution >= 4 is 40.1 Å². The van der Waals surface area contributed by atoms with E-state index in [1.54, 1.807) is 30.3 Å². The number of aromatic nitrogens is 2. The maximum Gasteiger partial charge on any atom is 0.243 e. The van der Waals surface area contributed by atoms with Crippen LogP contribution in [-0.4, -0.2) is 59.8 Å². The highest BCUT2D eigenvalue weighted by Crippen LogP contribution is 2.32. The van der Waals surface area contributed by atoms with Crippen molar-refractivity contribution in [2.24, 2.45) is 0 Å². The van der Waals surface area contributed by atoms with E-state index in [1.807, 2.05) is 11.5 Å². The fourth-order valence-corrected chi connectivity index (χ4v) is 4.67. The highest BCUT2D eigenvalue weighted by molar-refractivity contribution is 6.42. The number of hydrogen-bond acceptors (Lipinski definition) is 4. The molecule has 2 heterocycles. The molecule has 3 aromatic rings. The van der Waals surface area contributed by atoms with Gasteiger partial charge >= 0.3 is 0 Å². The van der Waals surface area contributed by atoms with Gasteiger partial charge in [-0.25, -0.2) is 9.37 Å². The summed E-state index contributed by atoms with van der Waals surface area (Å²) in [6.07, 6.45) is 1.65. The lowest BCUT2D eigenvalue weighted by Gasteiger charge is -2.27. The summed E-state index contributed by atoms with van der Waals surface area (Å²) in [7, 11) is 0. The Hall–Kier alpha value is -2.19. The van der Waals surface area contributed by atoms with E-state index in [1.165, 1.54) is 6.07 Å². The number of amides is 1. The van der Waals surface area contributed by atoms with Gasteiger partial charge in [0.15, 0.2) is 0 Å². The fraction of sp³-hybridized carbons (Fsp3) is 0.440. The number of nitrogens with zero attached hydrogens (tertiary/aromatic N) is 3. The average Bonchev–Trinajstić information content (AvgIpc) is 3.16. The molecule has 9 heteroatoms. The van der Waals surface area contributed by atoms with Gasteiger partial charge in [0.25, 0.3) is 0 Å². The minimum Gasteiger partial charge on any atom is -0.379 e. The summed E-state index contributed by atoms with van der Waals surface area (Å²) in [5.74, 6) is 0.203. The molecule has 1 saturated heterocycles. The summed E-state index contributed by atoms with van der Waals surface area (Å²) >= 11 is 12.6. The Morgan fingerprint density at radius 1 is 1.21 bits per heavy atom. The molecule has 1 fully saturated rings. The molecule has 1 aromatic heterocycles. The Bertz CT molecular complexity index is 1150. The number of rotatable bonds is 9. The van der Waals surface area contributed by atoms with Crippen molar-refractivity contribution in [1.82, 2.24) is 19.8 Å². The van der Waals surface area contributed by atoms with Crippen molar-refractivity contribution in [1.29, 1.82) is 0 Å². The largest absolute Gasteiger partial charge is 0.379 e. The van der Waals surface area contributed by atoms with Crippen LogP contribution in [0.1, 0.15) is 37.2 Å². The first-order valence-corrected chi connectivity index (χ1v) is 12.4. The van der Waals surface area contributed by atoms with E-state index in [9.17, 15) is 9.18 Å². The van der Waals surface area contributed by atoms with Crippen LogP contribution in [0.5, 0.6) is 0 Å². The number of fused-ring (bicyclic) bond motifs is 1. The molecule has 34 heavy (non-hydrogen) atoms. The van der Waals surface area contributed by atoms with Crippen LogP contribution in [0, 0.1) is 5.82 Å². The van der Waals surface area contributed by atoms with Crippen molar-refractivity contribution < 1.29 is 13.9 Å². The van der Waals surface area contributed by atoms with E-state index in [-0.39, 0.29) is 18.1 Å². The molecule has 4 rings (SSSR count). The Kier molecular flexibility index (Phi) is 8.42. The molecule has 0 saturated carbocycles. The van der Waals surface area contributed by atoms with Gasteiger partial charge in [-0.15, -0.1) is 0 Å². The zero-order chi connectivity index (χ0) is 24.1. The predicted molar refractivity (Wildman–Crippen MR) is 133 cm³/mol. The van der Waals surface area contributed by atoms with Gasteiger partial charge in [0, 0.05) is 32.6 Å². The third-order valence-electron chi connectivity index (χ3n) is 6.12. The number of halogens is 3. The smallest absolute Gasteiger partial charge is 0.243 e. The van der Waals surface area contributed by atoms with E-state index in [4.69, 9.17) is 32.9 Å². The van der Waals surface area contributed by atoms with Crippen molar-refractivity contribution in [3.8, 4) is 0 Å². The molecular weight excluding hydrogens is 478 g/mol. The summed E-state index contributed by atoms with van der Waals surface area (Å²) < 4.78 is 21.8. The zero-order valence-electron chi connectivity index (χ0n) is 19.2. The van der Waals surface area contributed by atoms with Crippen LogP contribution < -0.4 is 5.32 Å². The maximum atomic E-state index is 14.5. The average molecular weight is 507 g/mol. The number of imidazole rings is 1. The number of nitrogens with one attached hydrogen (secondary N) is 1. The normalized spacial score (nSPS) is 15.5. The molecule has 1 aliphatic rings. The fourth-order valence-electron chi connectivity index (χ4n) is 4.36. The minimum absolute atomic E-state index is 0.0877. The number of morpholine rings is 1. The molecule has 0 aliphatic carbocycles. The number of carbonyl (C=O) groups is 1. The summed E-state index contributed by atoms with van der Waals surface area (Å²) in [6, 6.07) is 9.54. The Morgan fingerprint density at radius 3 is 2.68 bits per heavy atom. The Morgan fingerprint density at radius 2 is 1.94 bits per heavy atom. The lowest BCUT2D eigenvalue weighted by molar-refractivity contribution is -0.124. The van der Waals surface area contributed by atoms with Crippen molar-refractivity contribution in [3.05, 3.63) is 63.6 Å². The van der Waals surface area contributed by atoms with E-state index in [2.05, 4.69) is 10.2 Å². The third-order valence-corrected chi connectivity index (χ3v) is 6.84. The van der Waals surface area contributed by atoms with Gasteiger partial charge < -0.3 is 14.6 Å². The van der Waals surface area contributed by atoms with Crippen LogP contribution in [0.3, 0.4) is 0 Å². The summed E-state index contributed by atoms with van der Waals surface area (Å²) in [4.78, 5) is 20.4. The first-order valence-electron chi connectivity index (χ1n) is 11.6. The number of carbonyl (C=O) groups excluding carboxylic acids is 1. The third kappa shape index (κ3) is 5.71. The van der Waals surface area contributed by atoms with Gasteiger partial charge in [-0.3, -0.25) is 9.69 Å². The molecule has 1 N–H and O–H groups in total. The van der Waals surface area contributed by atoms with Crippen LogP contribution in [0.25, 0.3) is 11.0 Å². The molecule has 1 aliphatic heterocycles. The lowest BCUT2D eigenvalue weighted by atomic mass is 10.1.